The number of aromatic nitrogens is 5. The van der Waals surface area contributed by atoms with Gasteiger partial charge in [0.1, 0.15) is 11.6 Å². The number of nitrogen functional groups attached to an aromatic ring is 1. The third-order valence-corrected chi connectivity index (χ3v) is 4.10. The molecular weight excluding hydrogens is 377 g/mol. The Balaban J connectivity index is 1.71. The molecule has 2 aromatic heterocycles. The maximum absolute atomic E-state index is 13.5. The Kier molecular flexibility index (Phi) is 4.73. The monoisotopic (exact) mass is 393 g/mol. The van der Waals surface area contributed by atoms with Gasteiger partial charge in [-0.3, -0.25) is 0 Å². The van der Waals surface area contributed by atoms with Crippen LogP contribution in [0.4, 0.5) is 22.0 Å². The number of methoxy groups -OCH3 is 1. The van der Waals surface area contributed by atoms with E-state index < -0.39 is 0 Å². The van der Waals surface area contributed by atoms with E-state index in [2.05, 4.69) is 25.1 Å². The van der Waals surface area contributed by atoms with Crippen LogP contribution in [0.15, 0.2) is 53.1 Å². The molecule has 0 atom stereocenters. The Morgan fingerprint density at radius 3 is 2.62 bits per heavy atom. The number of nitrogens with zero attached hydrogens (tertiary/aromatic N) is 6. The smallest absolute Gasteiger partial charge is 0.262 e. The van der Waals surface area contributed by atoms with Crippen molar-refractivity contribution < 1.29 is 13.7 Å². The summed E-state index contributed by atoms with van der Waals surface area (Å²) in [7, 11) is 3.24. The highest BCUT2D eigenvalue weighted by Gasteiger charge is 2.19. The predicted molar refractivity (Wildman–Crippen MR) is 104 cm³/mol. The van der Waals surface area contributed by atoms with Crippen molar-refractivity contribution in [1.82, 2.24) is 25.1 Å². The summed E-state index contributed by atoms with van der Waals surface area (Å²) in [6.45, 7) is 0. The summed E-state index contributed by atoms with van der Waals surface area (Å²) in [6.07, 6.45) is 0. The second-order valence-electron chi connectivity index (χ2n) is 5.98. The fourth-order valence-corrected chi connectivity index (χ4v) is 2.68. The van der Waals surface area contributed by atoms with Crippen LogP contribution in [-0.2, 0) is 0 Å². The van der Waals surface area contributed by atoms with Crippen molar-refractivity contribution in [3.05, 3.63) is 54.3 Å². The topological polar surface area (TPSA) is 116 Å². The van der Waals surface area contributed by atoms with Gasteiger partial charge < -0.3 is 19.9 Å². The minimum absolute atomic E-state index is 0.0307. The number of hydrogen-bond donors (Lipinski definition) is 1. The van der Waals surface area contributed by atoms with Gasteiger partial charge in [0.25, 0.3) is 5.89 Å². The van der Waals surface area contributed by atoms with E-state index in [-0.39, 0.29) is 35.3 Å². The Labute approximate surface area is 165 Å². The molecule has 0 aliphatic carbocycles. The number of rotatable bonds is 5. The molecule has 9 nitrogen and oxygen atoms in total. The van der Waals surface area contributed by atoms with Gasteiger partial charge in [0.15, 0.2) is 0 Å². The molecule has 0 aliphatic heterocycles. The van der Waals surface area contributed by atoms with Crippen molar-refractivity contribution in [3.8, 4) is 28.9 Å². The first-order valence-electron chi connectivity index (χ1n) is 8.53. The maximum atomic E-state index is 13.5. The molecule has 10 heteroatoms. The van der Waals surface area contributed by atoms with Crippen LogP contribution >= 0.6 is 0 Å². The summed E-state index contributed by atoms with van der Waals surface area (Å²) in [5.74, 6) is 0.894. The zero-order chi connectivity index (χ0) is 20.4. The van der Waals surface area contributed by atoms with Gasteiger partial charge in [0, 0.05) is 12.7 Å². The van der Waals surface area contributed by atoms with Gasteiger partial charge in [0.05, 0.1) is 12.7 Å². The van der Waals surface area contributed by atoms with Crippen LogP contribution in [0, 0.1) is 5.82 Å². The standard InChI is InChI=1S/C19H16FN7O2/c1-27(12-7-5-6-11(20)10-12)19-24-15(23-18(21)25-19)16-22-17(29-26-16)13-8-3-4-9-14(13)28-2/h3-10H,1-2H3,(H2,21,23,24,25). The second-order valence-corrected chi connectivity index (χ2v) is 5.98. The zero-order valence-electron chi connectivity index (χ0n) is 15.6. The molecule has 0 saturated heterocycles. The minimum atomic E-state index is -0.379. The van der Waals surface area contributed by atoms with Gasteiger partial charge in [-0.1, -0.05) is 23.4 Å². The van der Waals surface area contributed by atoms with Crippen molar-refractivity contribution in [3.63, 3.8) is 0 Å². The third kappa shape index (κ3) is 3.68. The number of para-hydroxylation sites is 1. The van der Waals surface area contributed by atoms with Gasteiger partial charge in [0.2, 0.25) is 23.5 Å². The highest BCUT2D eigenvalue weighted by Crippen LogP contribution is 2.30. The lowest BCUT2D eigenvalue weighted by atomic mass is 10.2. The Morgan fingerprint density at radius 2 is 1.83 bits per heavy atom. The van der Waals surface area contributed by atoms with Crippen molar-refractivity contribution >= 4 is 17.6 Å². The minimum Gasteiger partial charge on any atom is -0.496 e. The molecule has 4 rings (SSSR count). The lowest BCUT2D eigenvalue weighted by Gasteiger charge is -2.17. The lowest BCUT2D eigenvalue weighted by Crippen LogP contribution is -2.15. The molecule has 2 heterocycles. The van der Waals surface area contributed by atoms with Gasteiger partial charge >= 0.3 is 0 Å². The highest BCUT2D eigenvalue weighted by molar-refractivity contribution is 5.64. The Morgan fingerprint density at radius 1 is 1.00 bits per heavy atom. The average Bonchev–Trinajstić information content (AvgIpc) is 3.23. The van der Waals surface area contributed by atoms with E-state index in [1.807, 2.05) is 12.1 Å². The van der Waals surface area contributed by atoms with E-state index in [1.165, 1.54) is 12.1 Å². The van der Waals surface area contributed by atoms with E-state index in [0.29, 0.717) is 17.0 Å². The van der Waals surface area contributed by atoms with Crippen molar-refractivity contribution in [2.24, 2.45) is 0 Å². The molecule has 0 unspecified atom stereocenters. The average molecular weight is 393 g/mol. The fraction of sp³-hybridized carbons (Fsp3) is 0.105. The molecule has 0 saturated carbocycles. The van der Waals surface area contributed by atoms with Gasteiger partial charge in [-0.25, -0.2) is 4.39 Å². The predicted octanol–water partition coefficient (Wildman–Crippen LogP) is 3.09. The molecule has 0 spiro atoms. The van der Waals surface area contributed by atoms with Crippen molar-refractivity contribution in [1.29, 1.82) is 0 Å². The van der Waals surface area contributed by atoms with Crippen LogP contribution in [-0.4, -0.2) is 39.3 Å². The Bertz CT molecular complexity index is 1160. The Hall–Kier alpha value is -4.08. The molecule has 29 heavy (non-hydrogen) atoms. The van der Waals surface area contributed by atoms with Crippen LogP contribution in [0.3, 0.4) is 0 Å². The number of hydrogen-bond acceptors (Lipinski definition) is 9. The second kappa shape index (κ2) is 7.50. The van der Waals surface area contributed by atoms with Crippen LogP contribution in [0.5, 0.6) is 5.75 Å². The first-order chi connectivity index (χ1) is 14.0. The highest BCUT2D eigenvalue weighted by atomic mass is 19.1. The molecule has 146 valence electrons. The number of anilines is 3. The zero-order valence-corrected chi connectivity index (χ0v) is 15.6. The molecule has 2 aromatic carbocycles. The SMILES string of the molecule is COc1ccccc1-c1nc(-c2nc(N)nc(N(C)c3cccc(F)c3)n2)no1. The first kappa shape index (κ1) is 18.3. The normalized spacial score (nSPS) is 10.7. The quantitative estimate of drug-likeness (QED) is 0.546. The van der Waals surface area contributed by atoms with E-state index in [9.17, 15) is 4.39 Å². The van der Waals surface area contributed by atoms with Crippen molar-refractivity contribution in [2.45, 2.75) is 0 Å². The summed E-state index contributed by atoms with van der Waals surface area (Å²) in [5, 5.41) is 3.94. The van der Waals surface area contributed by atoms with Crippen LogP contribution < -0.4 is 15.4 Å². The van der Waals surface area contributed by atoms with E-state index in [1.54, 1.807) is 43.3 Å². The van der Waals surface area contributed by atoms with Gasteiger partial charge in [-0.15, -0.1) is 0 Å². The van der Waals surface area contributed by atoms with Crippen molar-refractivity contribution in [2.75, 3.05) is 24.8 Å². The third-order valence-electron chi connectivity index (χ3n) is 4.10. The van der Waals surface area contributed by atoms with E-state index in [0.717, 1.165) is 0 Å². The van der Waals surface area contributed by atoms with Crippen LogP contribution in [0.2, 0.25) is 0 Å². The summed E-state index contributed by atoms with van der Waals surface area (Å²) in [6, 6.07) is 13.3. The molecule has 0 aliphatic rings. The van der Waals surface area contributed by atoms with Crippen LogP contribution in [0.25, 0.3) is 23.1 Å². The molecule has 0 bridgehead atoms. The number of nitrogens with two attached hydrogens (primary N) is 1. The largest absolute Gasteiger partial charge is 0.496 e. The van der Waals surface area contributed by atoms with E-state index >= 15 is 0 Å². The molecule has 4 aromatic rings. The molecule has 0 radical (unpaired) electrons. The maximum Gasteiger partial charge on any atom is 0.262 e. The summed E-state index contributed by atoms with van der Waals surface area (Å²) >= 11 is 0. The fourth-order valence-electron chi connectivity index (χ4n) is 2.68. The van der Waals surface area contributed by atoms with Gasteiger partial charge in [-0.05, 0) is 30.3 Å². The number of benzene rings is 2. The van der Waals surface area contributed by atoms with E-state index in [4.69, 9.17) is 15.0 Å². The number of ether oxygens (including phenoxy) is 1. The molecule has 2 N–H and O–H groups in total. The molecule has 0 amide bonds. The molecular formula is C19H16FN7O2. The summed E-state index contributed by atoms with van der Waals surface area (Å²) < 4.78 is 24.2. The lowest BCUT2D eigenvalue weighted by molar-refractivity contribution is 0.405. The van der Waals surface area contributed by atoms with Crippen LogP contribution in [0.1, 0.15) is 0 Å². The molecule has 0 fully saturated rings. The van der Waals surface area contributed by atoms with Gasteiger partial charge in [-0.2, -0.15) is 19.9 Å². The number of halogens is 1. The summed E-state index contributed by atoms with van der Waals surface area (Å²) in [5.41, 5.74) is 7.01. The summed E-state index contributed by atoms with van der Waals surface area (Å²) in [4.78, 5) is 18.5. The first-order valence-corrected chi connectivity index (χ1v) is 8.53.